The topological polar surface area (TPSA) is 58.1 Å². The zero-order valence-corrected chi connectivity index (χ0v) is 13.5. The number of hydrogen-bond acceptors (Lipinski definition) is 4. The van der Waals surface area contributed by atoms with Gasteiger partial charge in [-0.2, -0.15) is 0 Å². The lowest BCUT2D eigenvalue weighted by Crippen LogP contribution is -2.30. The molecule has 0 saturated carbocycles. The number of piperidine rings is 1. The van der Waals surface area contributed by atoms with Crippen molar-refractivity contribution >= 4 is 17.5 Å². The van der Waals surface area contributed by atoms with Gasteiger partial charge < -0.3 is 10.2 Å². The molecule has 2 heterocycles. The molecule has 1 saturated heterocycles. The van der Waals surface area contributed by atoms with Gasteiger partial charge in [-0.05, 0) is 37.3 Å². The molecule has 1 N–H and O–H groups in total. The molecule has 0 spiro atoms. The second kappa shape index (κ2) is 7.22. The Morgan fingerprint density at radius 2 is 1.96 bits per heavy atom. The Bertz CT molecular complexity index is 680. The summed E-state index contributed by atoms with van der Waals surface area (Å²) in [7, 11) is 0. The van der Waals surface area contributed by atoms with Gasteiger partial charge in [-0.3, -0.25) is 4.79 Å². The molecule has 1 amide bonds. The number of aromatic nitrogens is 2. The molecule has 0 unspecified atom stereocenters. The van der Waals surface area contributed by atoms with Gasteiger partial charge in [-0.1, -0.05) is 24.3 Å². The van der Waals surface area contributed by atoms with E-state index in [-0.39, 0.29) is 5.91 Å². The van der Waals surface area contributed by atoms with Gasteiger partial charge in [0.15, 0.2) is 0 Å². The molecule has 5 heteroatoms. The first-order valence-electron chi connectivity index (χ1n) is 8.14. The molecular formula is C18H22N4O. The van der Waals surface area contributed by atoms with E-state index >= 15 is 0 Å². The van der Waals surface area contributed by atoms with E-state index in [0.29, 0.717) is 12.2 Å². The number of benzene rings is 1. The minimum Gasteiger partial charge on any atom is -0.356 e. The highest BCUT2D eigenvalue weighted by Crippen LogP contribution is 2.19. The van der Waals surface area contributed by atoms with E-state index in [0.717, 1.165) is 30.0 Å². The highest BCUT2D eigenvalue weighted by molar-refractivity contribution is 5.91. The molecule has 0 bridgehead atoms. The number of hydrogen-bond donors (Lipinski definition) is 1. The predicted octanol–water partition coefficient (Wildman–Crippen LogP) is 2.96. The summed E-state index contributed by atoms with van der Waals surface area (Å²) in [6, 6.07) is 9.79. The fourth-order valence-electron chi connectivity index (χ4n) is 2.88. The molecule has 1 aliphatic heterocycles. The van der Waals surface area contributed by atoms with Crippen molar-refractivity contribution in [2.24, 2.45) is 0 Å². The zero-order chi connectivity index (χ0) is 16.1. The Balaban J connectivity index is 1.65. The number of carbonyl (C=O) groups is 1. The average molecular weight is 310 g/mol. The molecule has 1 fully saturated rings. The quantitative estimate of drug-likeness (QED) is 0.943. The number of aryl methyl sites for hydroxylation is 1. The van der Waals surface area contributed by atoms with Crippen LogP contribution in [0, 0.1) is 6.92 Å². The van der Waals surface area contributed by atoms with E-state index in [4.69, 9.17) is 0 Å². The van der Waals surface area contributed by atoms with Crippen LogP contribution in [0.15, 0.2) is 36.7 Å². The molecule has 120 valence electrons. The van der Waals surface area contributed by atoms with E-state index in [9.17, 15) is 4.79 Å². The lowest BCUT2D eigenvalue weighted by molar-refractivity contribution is -0.115. The normalized spacial score (nSPS) is 14.6. The van der Waals surface area contributed by atoms with E-state index in [1.165, 1.54) is 25.6 Å². The van der Waals surface area contributed by atoms with Crippen LogP contribution >= 0.6 is 0 Å². The molecule has 0 radical (unpaired) electrons. The summed E-state index contributed by atoms with van der Waals surface area (Å²) in [4.78, 5) is 23.0. The number of amides is 1. The van der Waals surface area contributed by atoms with Gasteiger partial charge in [0.1, 0.15) is 18.0 Å². The lowest BCUT2D eigenvalue weighted by atomic mass is 10.1. The van der Waals surface area contributed by atoms with Crippen molar-refractivity contribution < 1.29 is 4.79 Å². The summed E-state index contributed by atoms with van der Waals surface area (Å²) < 4.78 is 0. The Morgan fingerprint density at radius 1 is 1.17 bits per heavy atom. The highest BCUT2D eigenvalue weighted by atomic mass is 16.1. The first kappa shape index (κ1) is 15.5. The van der Waals surface area contributed by atoms with Gasteiger partial charge in [-0.25, -0.2) is 9.97 Å². The second-order valence-electron chi connectivity index (χ2n) is 5.96. The largest absolute Gasteiger partial charge is 0.356 e. The summed E-state index contributed by atoms with van der Waals surface area (Å²) in [5.74, 6) is 1.41. The molecule has 5 nitrogen and oxygen atoms in total. The molecule has 1 aliphatic rings. The molecule has 2 aromatic rings. The van der Waals surface area contributed by atoms with Gasteiger partial charge in [-0.15, -0.1) is 0 Å². The van der Waals surface area contributed by atoms with Crippen LogP contribution < -0.4 is 10.2 Å². The number of nitrogens with zero attached hydrogens (tertiary/aromatic N) is 3. The maximum absolute atomic E-state index is 12.2. The third kappa shape index (κ3) is 4.06. The number of nitrogens with one attached hydrogen (secondary N) is 1. The van der Waals surface area contributed by atoms with E-state index < -0.39 is 0 Å². The van der Waals surface area contributed by atoms with Crippen LogP contribution in [0.25, 0.3) is 0 Å². The number of rotatable bonds is 4. The van der Waals surface area contributed by atoms with Crippen LogP contribution in [0.1, 0.15) is 30.4 Å². The first-order valence-corrected chi connectivity index (χ1v) is 8.14. The van der Waals surface area contributed by atoms with Crippen molar-refractivity contribution in [2.45, 2.75) is 32.6 Å². The standard InChI is InChI=1S/C18H22N4O/c1-14-7-3-4-8-15(14)11-18(23)21-16-12-17(20-13-19-16)22-9-5-2-6-10-22/h3-4,7-8,12-13H,2,5-6,9-11H2,1H3,(H,19,20,21,23). The van der Waals surface area contributed by atoms with Gasteiger partial charge in [0.25, 0.3) is 0 Å². The highest BCUT2D eigenvalue weighted by Gasteiger charge is 2.13. The van der Waals surface area contributed by atoms with Crippen molar-refractivity contribution in [2.75, 3.05) is 23.3 Å². The van der Waals surface area contributed by atoms with Crippen LogP contribution in [0.4, 0.5) is 11.6 Å². The molecule has 1 aromatic heterocycles. The number of carbonyl (C=O) groups excluding carboxylic acids is 1. The molecule has 0 aliphatic carbocycles. The third-order valence-corrected chi connectivity index (χ3v) is 4.21. The molecule has 1 aromatic carbocycles. The Hall–Kier alpha value is -2.43. The minimum atomic E-state index is -0.0532. The second-order valence-corrected chi connectivity index (χ2v) is 5.96. The predicted molar refractivity (Wildman–Crippen MR) is 91.6 cm³/mol. The Labute approximate surface area is 136 Å². The maximum atomic E-state index is 12.2. The van der Waals surface area contributed by atoms with Crippen LogP contribution in [0.3, 0.4) is 0 Å². The molecule has 23 heavy (non-hydrogen) atoms. The van der Waals surface area contributed by atoms with Crippen molar-refractivity contribution in [1.82, 2.24) is 9.97 Å². The number of anilines is 2. The molecular weight excluding hydrogens is 288 g/mol. The van der Waals surface area contributed by atoms with E-state index in [1.807, 2.05) is 37.3 Å². The van der Waals surface area contributed by atoms with Crippen LogP contribution in [0.2, 0.25) is 0 Å². The van der Waals surface area contributed by atoms with Crippen molar-refractivity contribution in [1.29, 1.82) is 0 Å². The van der Waals surface area contributed by atoms with Crippen LogP contribution in [0.5, 0.6) is 0 Å². The smallest absolute Gasteiger partial charge is 0.229 e. The third-order valence-electron chi connectivity index (χ3n) is 4.21. The summed E-state index contributed by atoms with van der Waals surface area (Å²) in [5.41, 5.74) is 2.16. The summed E-state index contributed by atoms with van der Waals surface area (Å²) in [5, 5.41) is 2.88. The fraction of sp³-hybridized carbons (Fsp3) is 0.389. The SMILES string of the molecule is Cc1ccccc1CC(=O)Nc1cc(N2CCCCC2)ncn1. The molecule has 3 rings (SSSR count). The van der Waals surface area contributed by atoms with Gasteiger partial charge in [0, 0.05) is 19.2 Å². The van der Waals surface area contributed by atoms with Crippen molar-refractivity contribution in [3.63, 3.8) is 0 Å². The van der Waals surface area contributed by atoms with E-state index in [2.05, 4.69) is 20.2 Å². The van der Waals surface area contributed by atoms with Crippen LogP contribution in [-0.4, -0.2) is 29.0 Å². The Morgan fingerprint density at radius 3 is 2.74 bits per heavy atom. The minimum absolute atomic E-state index is 0.0532. The fourth-order valence-corrected chi connectivity index (χ4v) is 2.88. The van der Waals surface area contributed by atoms with Gasteiger partial charge >= 0.3 is 0 Å². The summed E-state index contributed by atoms with van der Waals surface area (Å²) in [6.07, 6.45) is 5.54. The molecule has 0 atom stereocenters. The first-order chi connectivity index (χ1) is 11.2. The Kier molecular flexibility index (Phi) is 4.86. The monoisotopic (exact) mass is 310 g/mol. The zero-order valence-electron chi connectivity index (χ0n) is 13.5. The van der Waals surface area contributed by atoms with Crippen LogP contribution in [-0.2, 0) is 11.2 Å². The average Bonchev–Trinajstić information content (AvgIpc) is 2.58. The van der Waals surface area contributed by atoms with Crippen molar-refractivity contribution in [3.05, 3.63) is 47.8 Å². The maximum Gasteiger partial charge on any atom is 0.229 e. The van der Waals surface area contributed by atoms with Gasteiger partial charge in [0.05, 0.1) is 6.42 Å². The van der Waals surface area contributed by atoms with E-state index in [1.54, 1.807) is 0 Å². The summed E-state index contributed by atoms with van der Waals surface area (Å²) >= 11 is 0. The summed E-state index contributed by atoms with van der Waals surface area (Å²) in [6.45, 7) is 4.06. The lowest BCUT2D eigenvalue weighted by Gasteiger charge is -2.27. The van der Waals surface area contributed by atoms with Gasteiger partial charge in [0.2, 0.25) is 5.91 Å². The van der Waals surface area contributed by atoms with Crippen molar-refractivity contribution in [3.8, 4) is 0 Å².